The summed E-state index contributed by atoms with van der Waals surface area (Å²) in [5.41, 5.74) is 0.684. The van der Waals surface area contributed by atoms with Crippen LogP contribution < -0.4 is 5.32 Å². The minimum Gasteiger partial charge on any atom is -0.316 e. The van der Waals surface area contributed by atoms with Crippen molar-refractivity contribution in [3.05, 3.63) is 0 Å². The van der Waals surface area contributed by atoms with Gasteiger partial charge in [0.15, 0.2) is 0 Å². The SMILES string of the molecule is CC(C)CNCC1(CC2CCCC2)CCCC1. The highest BCUT2D eigenvalue weighted by molar-refractivity contribution is 4.89. The lowest BCUT2D eigenvalue weighted by atomic mass is 9.77. The van der Waals surface area contributed by atoms with Gasteiger partial charge in [-0.25, -0.2) is 0 Å². The van der Waals surface area contributed by atoms with Gasteiger partial charge in [0.2, 0.25) is 0 Å². The summed E-state index contributed by atoms with van der Waals surface area (Å²) in [6, 6.07) is 0. The fraction of sp³-hybridized carbons (Fsp3) is 1.00. The zero-order valence-corrected chi connectivity index (χ0v) is 11.9. The first-order valence-electron chi connectivity index (χ1n) is 7.91. The summed E-state index contributed by atoms with van der Waals surface area (Å²) < 4.78 is 0. The molecule has 0 aliphatic heterocycles. The second-order valence-corrected chi connectivity index (χ2v) is 7.09. The molecule has 0 aromatic rings. The zero-order valence-electron chi connectivity index (χ0n) is 11.9. The molecule has 1 nitrogen and oxygen atoms in total. The van der Waals surface area contributed by atoms with E-state index in [2.05, 4.69) is 19.2 Å². The van der Waals surface area contributed by atoms with Gasteiger partial charge in [-0.05, 0) is 43.1 Å². The predicted octanol–water partition coefficient (Wildman–Crippen LogP) is 4.37. The predicted molar refractivity (Wildman–Crippen MR) is 75.2 cm³/mol. The molecular formula is C16H31N. The average molecular weight is 237 g/mol. The van der Waals surface area contributed by atoms with Gasteiger partial charge in [0.1, 0.15) is 0 Å². The first-order chi connectivity index (χ1) is 8.20. The minimum absolute atomic E-state index is 0.684. The first-order valence-corrected chi connectivity index (χ1v) is 7.91. The van der Waals surface area contributed by atoms with E-state index in [0.29, 0.717) is 5.41 Å². The van der Waals surface area contributed by atoms with Gasteiger partial charge in [-0.3, -0.25) is 0 Å². The molecule has 0 saturated heterocycles. The van der Waals surface area contributed by atoms with Gasteiger partial charge in [0.25, 0.3) is 0 Å². The molecule has 1 heteroatoms. The summed E-state index contributed by atoms with van der Waals surface area (Å²) >= 11 is 0. The van der Waals surface area contributed by atoms with Crippen LogP contribution in [0.15, 0.2) is 0 Å². The quantitative estimate of drug-likeness (QED) is 0.723. The lowest BCUT2D eigenvalue weighted by molar-refractivity contribution is 0.209. The van der Waals surface area contributed by atoms with Crippen LogP contribution in [0.5, 0.6) is 0 Å². The third-order valence-electron chi connectivity index (χ3n) is 4.91. The normalized spacial score (nSPS) is 24.9. The Morgan fingerprint density at radius 2 is 1.71 bits per heavy atom. The molecule has 0 amide bonds. The number of hydrogen-bond donors (Lipinski definition) is 1. The summed E-state index contributed by atoms with van der Waals surface area (Å²) in [6.45, 7) is 7.12. The lowest BCUT2D eigenvalue weighted by Crippen LogP contribution is -2.35. The van der Waals surface area contributed by atoms with Gasteiger partial charge in [-0.1, -0.05) is 52.4 Å². The zero-order chi connectivity index (χ0) is 12.1. The van der Waals surface area contributed by atoms with Gasteiger partial charge in [0.05, 0.1) is 0 Å². The van der Waals surface area contributed by atoms with E-state index in [1.807, 2.05) is 0 Å². The smallest absolute Gasteiger partial charge is 0.000802 e. The summed E-state index contributed by atoms with van der Waals surface area (Å²) in [4.78, 5) is 0. The monoisotopic (exact) mass is 237 g/mol. The molecule has 0 unspecified atom stereocenters. The van der Waals surface area contributed by atoms with E-state index in [0.717, 1.165) is 11.8 Å². The largest absolute Gasteiger partial charge is 0.316 e. The second kappa shape index (κ2) is 6.22. The van der Waals surface area contributed by atoms with Gasteiger partial charge < -0.3 is 5.32 Å². The van der Waals surface area contributed by atoms with Crippen LogP contribution in [-0.2, 0) is 0 Å². The van der Waals surface area contributed by atoms with Crippen LogP contribution in [0.25, 0.3) is 0 Å². The molecule has 0 atom stereocenters. The standard InChI is InChI=1S/C16H31N/c1-14(2)12-17-13-16(9-5-6-10-16)11-15-7-3-4-8-15/h14-15,17H,3-13H2,1-2H3. The van der Waals surface area contributed by atoms with Crippen molar-refractivity contribution in [3.63, 3.8) is 0 Å². The fourth-order valence-electron chi connectivity index (χ4n) is 4.03. The Hall–Kier alpha value is -0.0400. The van der Waals surface area contributed by atoms with E-state index in [1.54, 1.807) is 0 Å². The van der Waals surface area contributed by atoms with Gasteiger partial charge >= 0.3 is 0 Å². The van der Waals surface area contributed by atoms with E-state index in [9.17, 15) is 0 Å². The maximum atomic E-state index is 3.74. The molecule has 2 fully saturated rings. The molecule has 0 radical (unpaired) electrons. The van der Waals surface area contributed by atoms with E-state index < -0.39 is 0 Å². The van der Waals surface area contributed by atoms with Gasteiger partial charge in [0, 0.05) is 6.54 Å². The van der Waals surface area contributed by atoms with Crippen molar-refractivity contribution in [1.82, 2.24) is 5.32 Å². The Balaban J connectivity index is 1.80. The Morgan fingerprint density at radius 3 is 2.29 bits per heavy atom. The highest BCUT2D eigenvalue weighted by Crippen LogP contribution is 2.45. The summed E-state index contributed by atoms with van der Waals surface area (Å²) in [7, 11) is 0. The van der Waals surface area contributed by atoms with E-state index in [1.165, 1.54) is 70.9 Å². The second-order valence-electron chi connectivity index (χ2n) is 7.09. The number of rotatable bonds is 6. The third kappa shape index (κ3) is 3.98. The Morgan fingerprint density at radius 1 is 1.06 bits per heavy atom. The molecule has 2 aliphatic rings. The highest BCUT2D eigenvalue weighted by Gasteiger charge is 2.36. The molecule has 1 N–H and O–H groups in total. The van der Waals surface area contributed by atoms with Crippen molar-refractivity contribution in [1.29, 1.82) is 0 Å². The molecule has 0 aromatic heterocycles. The number of hydrogen-bond acceptors (Lipinski definition) is 1. The van der Waals surface area contributed by atoms with Crippen LogP contribution in [0.4, 0.5) is 0 Å². The molecule has 17 heavy (non-hydrogen) atoms. The van der Waals surface area contributed by atoms with Crippen molar-refractivity contribution >= 4 is 0 Å². The fourth-order valence-corrected chi connectivity index (χ4v) is 4.03. The van der Waals surface area contributed by atoms with E-state index >= 15 is 0 Å². The molecule has 100 valence electrons. The van der Waals surface area contributed by atoms with Crippen LogP contribution >= 0.6 is 0 Å². The Bertz CT molecular complexity index is 210. The number of nitrogens with one attached hydrogen (secondary N) is 1. The van der Waals surface area contributed by atoms with Crippen LogP contribution in [-0.4, -0.2) is 13.1 Å². The van der Waals surface area contributed by atoms with Gasteiger partial charge in [-0.2, -0.15) is 0 Å². The van der Waals surface area contributed by atoms with E-state index in [-0.39, 0.29) is 0 Å². The first kappa shape index (κ1) is 13.4. The van der Waals surface area contributed by atoms with Gasteiger partial charge in [-0.15, -0.1) is 0 Å². The third-order valence-corrected chi connectivity index (χ3v) is 4.91. The molecule has 0 heterocycles. The maximum absolute atomic E-state index is 3.74. The Kier molecular flexibility index (Phi) is 4.90. The molecule has 2 saturated carbocycles. The molecule has 2 aliphatic carbocycles. The topological polar surface area (TPSA) is 12.0 Å². The van der Waals surface area contributed by atoms with Crippen molar-refractivity contribution in [2.45, 2.75) is 71.6 Å². The van der Waals surface area contributed by atoms with E-state index in [4.69, 9.17) is 0 Å². The summed E-state index contributed by atoms with van der Waals surface area (Å²) in [6.07, 6.45) is 13.5. The molecule has 0 aromatic carbocycles. The van der Waals surface area contributed by atoms with Crippen LogP contribution in [0.2, 0.25) is 0 Å². The lowest BCUT2D eigenvalue weighted by Gasteiger charge is -2.32. The van der Waals surface area contributed by atoms with Crippen molar-refractivity contribution in [3.8, 4) is 0 Å². The van der Waals surface area contributed by atoms with Crippen LogP contribution in [0.1, 0.15) is 71.6 Å². The minimum atomic E-state index is 0.684. The Labute approximate surface area is 108 Å². The summed E-state index contributed by atoms with van der Waals surface area (Å²) in [5.74, 6) is 1.86. The van der Waals surface area contributed by atoms with Crippen molar-refractivity contribution < 1.29 is 0 Å². The maximum Gasteiger partial charge on any atom is 0.000802 e. The summed E-state index contributed by atoms with van der Waals surface area (Å²) in [5, 5.41) is 3.74. The molecule has 2 rings (SSSR count). The van der Waals surface area contributed by atoms with Crippen LogP contribution in [0.3, 0.4) is 0 Å². The van der Waals surface area contributed by atoms with Crippen molar-refractivity contribution in [2.75, 3.05) is 13.1 Å². The molecule has 0 bridgehead atoms. The average Bonchev–Trinajstić information content (AvgIpc) is 2.90. The van der Waals surface area contributed by atoms with Crippen LogP contribution in [0, 0.1) is 17.3 Å². The van der Waals surface area contributed by atoms with Crippen molar-refractivity contribution in [2.24, 2.45) is 17.3 Å². The highest BCUT2D eigenvalue weighted by atomic mass is 14.9. The molecular weight excluding hydrogens is 206 g/mol. The molecule has 0 spiro atoms.